The number of benzene rings is 2. The molecule has 0 aliphatic carbocycles. The molecule has 0 atom stereocenters. The molecule has 146 valence electrons. The van der Waals surface area contributed by atoms with Crippen LogP contribution in [0, 0.1) is 6.92 Å². The molecule has 0 spiro atoms. The number of sulfonamides is 1. The molecule has 2 aromatic carbocycles. The average molecular weight is 435 g/mol. The topological polar surface area (TPSA) is 75.3 Å². The highest BCUT2D eigenvalue weighted by Crippen LogP contribution is 2.26. The number of amides is 1. The van der Waals surface area contributed by atoms with Crippen molar-refractivity contribution in [3.05, 3.63) is 74.9 Å². The lowest BCUT2D eigenvalue weighted by atomic mass is 10.2. The zero-order valence-electron chi connectivity index (χ0n) is 15.3. The Kier molecular flexibility index (Phi) is 6.07. The van der Waals surface area contributed by atoms with Gasteiger partial charge in [0.05, 0.1) is 20.5 Å². The van der Waals surface area contributed by atoms with Gasteiger partial charge in [0.1, 0.15) is 0 Å². The summed E-state index contributed by atoms with van der Waals surface area (Å²) < 4.78 is 27.8. The van der Waals surface area contributed by atoms with Crippen molar-refractivity contribution in [1.29, 1.82) is 0 Å². The Morgan fingerprint density at radius 3 is 2.54 bits per heavy atom. The van der Waals surface area contributed by atoms with Crippen molar-refractivity contribution in [3.63, 3.8) is 0 Å². The molecule has 0 aliphatic heterocycles. The quantitative estimate of drug-likeness (QED) is 0.550. The fraction of sp³-hybridized carbons (Fsp3) is 0.150. The molecule has 1 amide bonds. The first-order valence-corrected chi connectivity index (χ1v) is 11.3. The van der Waals surface area contributed by atoms with Gasteiger partial charge in [-0.2, -0.15) is 0 Å². The number of anilines is 2. The van der Waals surface area contributed by atoms with E-state index in [2.05, 4.69) is 10.0 Å². The van der Waals surface area contributed by atoms with Crippen LogP contribution in [0.25, 0.3) is 0 Å². The zero-order valence-corrected chi connectivity index (χ0v) is 17.7. The molecule has 1 aromatic heterocycles. The van der Waals surface area contributed by atoms with Crippen LogP contribution in [0.5, 0.6) is 0 Å². The number of aryl methyl sites for hydroxylation is 2. The number of carbonyl (C=O) groups is 1. The molecule has 3 aromatic rings. The molecule has 1 heterocycles. The highest BCUT2D eigenvalue weighted by Gasteiger charge is 2.17. The van der Waals surface area contributed by atoms with E-state index in [4.69, 9.17) is 11.6 Å². The molecule has 3 rings (SSSR count). The summed E-state index contributed by atoms with van der Waals surface area (Å²) in [6.45, 7) is 4.02. The summed E-state index contributed by atoms with van der Waals surface area (Å²) in [4.78, 5) is 14.2. The number of thiophene rings is 1. The molecule has 28 heavy (non-hydrogen) atoms. The van der Waals surface area contributed by atoms with Gasteiger partial charge in [-0.25, -0.2) is 8.42 Å². The maximum absolute atomic E-state index is 12.7. The van der Waals surface area contributed by atoms with Crippen LogP contribution in [-0.2, 0) is 16.4 Å². The van der Waals surface area contributed by atoms with Gasteiger partial charge in [-0.1, -0.05) is 36.7 Å². The smallest absolute Gasteiger partial charge is 0.265 e. The highest BCUT2D eigenvalue weighted by molar-refractivity contribution is 7.92. The fourth-order valence-corrected chi connectivity index (χ4v) is 5.04. The first-order valence-electron chi connectivity index (χ1n) is 8.58. The molecule has 0 unspecified atom stereocenters. The molecule has 0 aliphatic rings. The van der Waals surface area contributed by atoms with E-state index >= 15 is 0 Å². The van der Waals surface area contributed by atoms with Crippen LogP contribution in [0.3, 0.4) is 0 Å². The van der Waals surface area contributed by atoms with E-state index in [1.807, 2.05) is 19.9 Å². The van der Waals surface area contributed by atoms with Gasteiger partial charge in [0.15, 0.2) is 0 Å². The second-order valence-electron chi connectivity index (χ2n) is 6.11. The number of halogens is 1. The normalized spacial score (nSPS) is 11.2. The molecule has 0 saturated carbocycles. The number of hydrogen-bond acceptors (Lipinski definition) is 4. The van der Waals surface area contributed by atoms with Crippen LogP contribution >= 0.6 is 22.9 Å². The molecular formula is C20H19ClN2O3S2. The Balaban J connectivity index is 1.81. The molecule has 0 radical (unpaired) electrons. The van der Waals surface area contributed by atoms with Gasteiger partial charge in [0.2, 0.25) is 0 Å². The maximum Gasteiger partial charge on any atom is 0.265 e. The first-order chi connectivity index (χ1) is 13.3. The van der Waals surface area contributed by atoms with Gasteiger partial charge in [-0.05, 0) is 55.3 Å². The van der Waals surface area contributed by atoms with E-state index in [-0.39, 0.29) is 10.8 Å². The summed E-state index contributed by atoms with van der Waals surface area (Å²) in [5.74, 6) is -0.263. The molecule has 0 bridgehead atoms. The average Bonchev–Trinajstić information content (AvgIpc) is 3.05. The van der Waals surface area contributed by atoms with Crippen LogP contribution < -0.4 is 10.0 Å². The monoisotopic (exact) mass is 434 g/mol. The van der Waals surface area contributed by atoms with Crippen molar-refractivity contribution in [3.8, 4) is 0 Å². The lowest BCUT2D eigenvalue weighted by molar-refractivity contribution is 0.103. The minimum absolute atomic E-state index is 0.0295. The first kappa shape index (κ1) is 20.4. The zero-order chi connectivity index (χ0) is 20.3. The summed E-state index contributed by atoms with van der Waals surface area (Å²) in [7, 11) is -3.85. The standard InChI is InChI=1S/C20H19ClN2O3S2/c1-3-14-11-19(27-13(14)2)20(24)22-15-7-6-8-16(12-15)28(25,26)23-18-10-5-4-9-17(18)21/h4-12,23H,3H2,1-2H3,(H,22,24). The van der Waals surface area contributed by atoms with Gasteiger partial charge in [0.25, 0.3) is 15.9 Å². The number of nitrogens with one attached hydrogen (secondary N) is 2. The second-order valence-corrected chi connectivity index (χ2v) is 9.46. The van der Waals surface area contributed by atoms with Crippen LogP contribution in [-0.4, -0.2) is 14.3 Å². The highest BCUT2D eigenvalue weighted by atomic mass is 35.5. The second kappa shape index (κ2) is 8.34. The van der Waals surface area contributed by atoms with E-state index in [0.29, 0.717) is 21.3 Å². The van der Waals surface area contributed by atoms with Gasteiger partial charge in [-0.3, -0.25) is 9.52 Å². The minimum atomic E-state index is -3.85. The van der Waals surface area contributed by atoms with E-state index in [0.717, 1.165) is 16.9 Å². The number of rotatable bonds is 6. The summed E-state index contributed by atoms with van der Waals surface area (Å²) >= 11 is 7.45. The predicted molar refractivity (Wildman–Crippen MR) is 115 cm³/mol. The molecule has 0 fully saturated rings. The Bertz CT molecular complexity index is 1120. The van der Waals surface area contributed by atoms with Gasteiger partial charge < -0.3 is 5.32 Å². The largest absolute Gasteiger partial charge is 0.321 e. The molecule has 5 nitrogen and oxygen atoms in total. The lowest BCUT2D eigenvalue weighted by Crippen LogP contribution is -2.14. The minimum Gasteiger partial charge on any atom is -0.321 e. The maximum atomic E-state index is 12.7. The molecule has 0 saturated heterocycles. The number of carbonyl (C=O) groups excluding carboxylic acids is 1. The summed E-state index contributed by atoms with van der Waals surface area (Å²) in [5, 5.41) is 3.07. The summed E-state index contributed by atoms with van der Waals surface area (Å²) in [6, 6.07) is 14.5. The van der Waals surface area contributed by atoms with Crippen LogP contribution in [0.1, 0.15) is 27.0 Å². The Hall–Kier alpha value is -2.35. The van der Waals surface area contributed by atoms with Crippen molar-refractivity contribution in [2.45, 2.75) is 25.2 Å². The Labute approximate surface area is 173 Å². The predicted octanol–water partition coefficient (Wildman–Crippen LogP) is 5.33. The van der Waals surface area contributed by atoms with Crippen LogP contribution in [0.15, 0.2) is 59.5 Å². The van der Waals surface area contributed by atoms with E-state index < -0.39 is 10.0 Å². The molecule has 8 heteroatoms. The van der Waals surface area contributed by atoms with Crippen LogP contribution in [0.4, 0.5) is 11.4 Å². The van der Waals surface area contributed by atoms with Crippen molar-refractivity contribution >= 4 is 50.2 Å². The van der Waals surface area contributed by atoms with Crippen molar-refractivity contribution in [1.82, 2.24) is 0 Å². The lowest BCUT2D eigenvalue weighted by Gasteiger charge is -2.11. The number of hydrogen-bond donors (Lipinski definition) is 2. The van der Waals surface area contributed by atoms with Gasteiger partial charge in [0, 0.05) is 10.6 Å². The Morgan fingerprint density at radius 1 is 1.11 bits per heavy atom. The van der Waals surface area contributed by atoms with Crippen molar-refractivity contribution in [2.24, 2.45) is 0 Å². The van der Waals surface area contributed by atoms with Gasteiger partial charge >= 0.3 is 0 Å². The SMILES string of the molecule is CCc1cc(C(=O)Nc2cccc(S(=O)(=O)Nc3ccccc3Cl)c2)sc1C. The van der Waals surface area contributed by atoms with Gasteiger partial charge in [-0.15, -0.1) is 11.3 Å². The Morgan fingerprint density at radius 2 is 1.86 bits per heavy atom. The van der Waals surface area contributed by atoms with Crippen molar-refractivity contribution in [2.75, 3.05) is 10.0 Å². The number of para-hydroxylation sites is 1. The third-order valence-corrected chi connectivity index (χ3v) is 6.93. The van der Waals surface area contributed by atoms with E-state index in [9.17, 15) is 13.2 Å². The van der Waals surface area contributed by atoms with E-state index in [1.54, 1.807) is 36.4 Å². The fourth-order valence-electron chi connectivity index (χ4n) is 2.66. The summed E-state index contributed by atoms with van der Waals surface area (Å²) in [6.07, 6.45) is 0.858. The van der Waals surface area contributed by atoms with Crippen molar-refractivity contribution < 1.29 is 13.2 Å². The van der Waals surface area contributed by atoms with E-state index in [1.165, 1.54) is 23.5 Å². The molecular weight excluding hydrogens is 416 g/mol. The van der Waals surface area contributed by atoms with Crippen LogP contribution in [0.2, 0.25) is 5.02 Å². The molecule has 2 N–H and O–H groups in total. The third-order valence-electron chi connectivity index (χ3n) is 4.15. The summed E-state index contributed by atoms with van der Waals surface area (Å²) in [5.41, 5.74) is 1.83. The third kappa shape index (κ3) is 4.55.